The second-order valence-corrected chi connectivity index (χ2v) is 5.10. The predicted molar refractivity (Wildman–Crippen MR) is 85.2 cm³/mol. The minimum absolute atomic E-state index is 0.296. The van der Waals surface area contributed by atoms with E-state index in [1.807, 2.05) is 35.9 Å². The largest absolute Gasteiger partial charge is 0.487 e. The van der Waals surface area contributed by atoms with Crippen LogP contribution in [0, 0.1) is 6.92 Å². The Morgan fingerprint density at radius 1 is 1.26 bits per heavy atom. The van der Waals surface area contributed by atoms with Crippen LogP contribution < -0.4 is 10.2 Å². The Morgan fingerprint density at radius 3 is 2.74 bits per heavy atom. The minimum atomic E-state index is -0.296. The van der Waals surface area contributed by atoms with Gasteiger partial charge in [0.25, 0.3) is 5.91 Å². The summed E-state index contributed by atoms with van der Waals surface area (Å²) >= 11 is 0. The molecular formula is C17H17N3O3. The highest BCUT2D eigenvalue weighted by atomic mass is 16.6. The summed E-state index contributed by atoms with van der Waals surface area (Å²) in [4.78, 5) is 20.7. The van der Waals surface area contributed by atoms with Crippen molar-refractivity contribution in [2.45, 2.75) is 13.5 Å². The molecule has 118 valence electrons. The van der Waals surface area contributed by atoms with Gasteiger partial charge in [0, 0.05) is 18.0 Å². The molecule has 0 aliphatic rings. The van der Waals surface area contributed by atoms with Gasteiger partial charge in [-0.3, -0.25) is 9.63 Å². The molecule has 1 amide bonds. The van der Waals surface area contributed by atoms with Gasteiger partial charge in [-0.05, 0) is 42.8 Å². The molecule has 3 aromatic rings. The SMILES string of the molecule is CONC(=O)c1ccc(OCc2cn3cccc(C)c3n2)cc1. The molecular weight excluding hydrogens is 294 g/mol. The third kappa shape index (κ3) is 3.32. The Kier molecular flexibility index (Phi) is 4.25. The Bertz CT molecular complexity index is 825. The van der Waals surface area contributed by atoms with Gasteiger partial charge in [0.2, 0.25) is 0 Å². The maximum absolute atomic E-state index is 11.6. The Morgan fingerprint density at radius 2 is 2.04 bits per heavy atom. The summed E-state index contributed by atoms with van der Waals surface area (Å²) in [6, 6.07) is 10.8. The van der Waals surface area contributed by atoms with Crippen molar-refractivity contribution in [2.75, 3.05) is 7.11 Å². The van der Waals surface area contributed by atoms with Crippen LogP contribution in [0.25, 0.3) is 5.65 Å². The van der Waals surface area contributed by atoms with Crippen LogP contribution in [0.5, 0.6) is 5.75 Å². The van der Waals surface area contributed by atoms with E-state index >= 15 is 0 Å². The number of aromatic nitrogens is 2. The summed E-state index contributed by atoms with van der Waals surface area (Å²) in [5, 5.41) is 0. The fraction of sp³-hybridized carbons (Fsp3) is 0.176. The lowest BCUT2D eigenvalue weighted by molar-refractivity contribution is 0.0537. The molecule has 0 unspecified atom stereocenters. The summed E-state index contributed by atoms with van der Waals surface area (Å²) in [5.74, 6) is 0.377. The first kappa shape index (κ1) is 15.1. The van der Waals surface area contributed by atoms with E-state index in [1.165, 1.54) is 7.11 Å². The number of carbonyl (C=O) groups excluding carboxylic acids is 1. The molecule has 0 spiro atoms. The molecule has 23 heavy (non-hydrogen) atoms. The average Bonchev–Trinajstić information content (AvgIpc) is 2.98. The quantitative estimate of drug-likeness (QED) is 0.735. The molecule has 0 bridgehead atoms. The standard InChI is InChI=1S/C17H17N3O3/c1-12-4-3-9-20-10-14(18-16(12)20)11-23-15-7-5-13(6-8-15)17(21)19-22-2/h3-10H,11H2,1-2H3,(H,19,21). The van der Waals surface area contributed by atoms with Gasteiger partial charge in [-0.2, -0.15) is 0 Å². The smallest absolute Gasteiger partial charge is 0.274 e. The van der Waals surface area contributed by atoms with Gasteiger partial charge in [-0.25, -0.2) is 10.5 Å². The number of carbonyl (C=O) groups is 1. The van der Waals surface area contributed by atoms with Crippen molar-refractivity contribution in [3.8, 4) is 5.75 Å². The summed E-state index contributed by atoms with van der Waals surface area (Å²) in [7, 11) is 1.39. The molecule has 0 radical (unpaired) electrons. The second-order valence-electron chi connectivity index (χ2n) is 5.10. The normalized spacial score (nSPS) is 10.7. The molecule has 0 saturated heterocycles. The van der Waals surface area contributed by atoms with Gasteiger partial charge in [0.1, 0.15) is 18.0 Å². The zero-order chi connectivity index (χ0) is 16.2. The predicted octanol–water partition coefficient (Wildman–Crippen LogP) is 2.51. The third-order valence-corrected chi connectivity index (χ3v) is 3.43. The number of rotatable bonds is 5. The van der Waals surface area contributed by atoms with Crippen molar-refractivity contribution < 1.29 is 14.4 Å². The maximum Gasteiger partial charge on any atom is 0.274 e. The molecule has 1 aromatic carbocycles. The Hall–Kier alpha value is -2.86. The van der Waals surface area contributed by atoms with Crippen LogP contribution in [0.1, 0.15) is 21.6 Å². The summed E-state index contributed by atoms with van der Waals surface area (Å²) in [6.07, 6.45) is 3.91. The monoisotopic (exact) mass is 311 g/mol. The first-order valence-electron chi connectivity index (χ1n) is 7.17. The number of pyridine rings is 1. The van der Waals surface area contributed by atoms with Crippen LogP contribution in [0.4, 0.5) is 0 Å². The van der Waals surface area contributed by atoms with Crippen LogP contribution in [0.3, 0.4) is 0 Å². The van der Waals surface area contributed by atoms with Gasteiger partial charge in [-0.15, -0.1) is 0 Å². The van der Waals surface area contributed by atoms with E-state index in [2.05, 4.69) is 15.3 Å². The zero-order valence-electron chi connectivity index (χ0n) is 12.9. The maximum atomic E-state index is 11.6. The van der Waals surface area contributed by atoms with Crippen molar-refractivity contribution in [3.63, 3.8) is 0 Å². The number of nitrogens with zero attached hydrogens (tertiary/aromatic N) is 2. The van der Waals surface area contributed by atoms with E-state index in [0.717, 1.165) is 16.9 Å². The molecule has 1 N–H and O–H groups in total. The number of hydroxylamine groups is 1. The first-order valence-corrected chi connectivity index (χ1v) is 7.17. The number of hydrogen-bond donors (Lipinski definition) is 1. The van der Waals surface area contributed by atoms with Crippen LogP contribution >= 0.6 is 0 Å². The average molecular weight is 311 g/mol. The van der Waals surface area contributed by atoms with Gasteiger partial charge < -0.3 is 9.14 Å². The van der Waals surface area contributed by atoms with Gasteiger partial charge >= 0.3 is 0 Å². The van der Waals surface area contributed by atoms with E-state index in [-0.39, 0.29) is 5.91 Å². The molecule has 0 aliphatic heterocycles. The highest BCUT2D eigenvalue weighted by molar-refractivity contribution is 5.93. The number of imidazole rings is 1. The van der Waals surface area contributed by atoms with E-state index in [1.54, 1.807) is 24.3 Å². The molecule has 0 saturated carbocycles. The van der Waals surface area contributed by atoms with Crippen molar-refractivity contribution in [2.24, 2.45) is 0 Å². The van der Waals surface area contributed by atoms with Gasteiger partial charge in [0.05, 0.1) is 12.8 Å². The molecule has 0 aliphatic carbocycles. The number of aryl methyl sites for hydroxylation is 1. The fourth-order valence-electron chi connectivity index (χ4n) is 2.29. The number of benzene rings is 1. The Balaban J connectivity index is 1.67. The number of hydrogen-bond acceptors (Lipinski definition) is 4. The molecule has 6 heteroatoms. The number of fused-ring (bicyclic) bond motifs is 1. The summed E-state index contributed by atoms with van der Waals surface area (Å²) in [5.41, 5.74) is 5.66. The van der Waals surface area contributed by atoms with Crippen molar-refractivity contribution in [1.82, 2.24) is 14.9 Å². The summed E-state index contributed by atoms with van der Waals surface area (Å²) in [6.45, 7) is 2.39. The van der Waals surface area contributed by atoms with Crippen LogP contribution in [0.2, 0.25) is 0 Å². The molecule has 0 fully saturated rings. The molecule has 6 nitrogen and oxygen atoms in total. The lowest BCUT2D eigenvalue weighted by Crippen LogP contribution is -2.21. The molecule has 2 heterocycles. The van der Waals surface area contributed by atoms with E-state index in [0.29, 0.717) is 17.9 Å². The van der Waals surface area contributed by atoms with Crippen molar-refractivity contribution >= 4 is 11.6 Å². The highest BCUT2D eigenvalue weighted by Gasteiger charge is 2.06. The van der Waals surface area contributed by atoms with E-state index in [4.69, 9.17) is 4.74 Å². The fourth-order valence-corrected chi connectivity index (χ4v) is 2.29. The van der Waals surface area contributed by atoms with E-state index in [9.17, 15) is 4.79 Å². The van der Waals surface area contributed by atoms with E-state index < -0.39 is 0 Å². The second kappa shape index (κ2) is 6.50. The van der Waals surface area contributed by atoms with Crippen LogP contribution in [-0.4, -0.2) is 22.4 Å². The number of ether oxygens (including phenoxy) is 1. The number of amides is 1. The van der Waals surface area contributed by atoms with Gasteiger partial charge in [-0.1, -0.05) is 6.07 Å². The molecule has 0 atom stereocenters. The van der Waals surface area contributed by atoms with Crippen molar-refractivity contribution in [3.05, 3.63) is 65.6 Å². The van der Waals surface area contributed by atoms with Gasteiger partial charge in [0.15, 0.2) is 0 Å². The highest BCUT2D eigenvalue weighted by Crippen LogP contribution is 2.15. The first-order chi connectivity index (χ1) is 11.2. The Labute approximate surface area is 133 Å². The number of nitrogens with one attached hydrogen (secondary N) is 1. The zero-order valence-corrected chi connectivity index (χ0v) is 12.9. The molecule has 3 rings (SSSR count). The minimum Gasteiger partial charge on any atom is -0.487 e. The van der Waals surface area contributed by atoms with Crippen molar-refractivity contribution in [1.29, 1.82) is 0 Å². The molecule has 2 aromatic heterocycles. The van der Waals surface area contributed by atoms with Crippen LogP contribution in [-0.2, 0) is 11.4 Å². The lowest BCUT2D eigenvalue weighted by atomic mass is 10.2. The van der Waals surface area contributed by atoms with Crippen LogP contribution in [0.15, 0.2) is 48.8 Å². The summed E-state index contributed by atoms with van der Waals surface area (Å²) < 4.78 is 7.70. The topological polar surface area (TPSA) is 64.9 Å². The third-order valence-electron chi connectivity index (χ3n) is 3.43. The lowest BCUT2D eigenvalue weighted by Gasteiger charge is -2.05.